The molecule has 3 aromatic rings. The molecular formula is C19H18FN5O2. The van der Waals surface area contributed by atoms with Crippen LogP contribution in [0.25, 0.3) is 11.1 Å². The molecule has 3 rings (SSSR count). The zero-order chi connectivity index (χ0) is 19.4. The van der Waals surface area contributed by atoms with E-state index in [0.717, 1.165) is 11.1 Å². The smallest absolute Gasteiger partial charge is 0.269 e. The van der Waals surface area contributed by atoms with E-state index >= 15 is 0 Å². The molecule has 138 valence electrons. The zero-order valence-corrected chi connectivity index (χ0v) is 14.9. The molecule has 0 unspecified atom stereocenters. The van der Waals surface area contributed by atoms with Crippen LogP contribution in [-0.4, -0.2) is 33.1 Å². The topological polar surface area (TPSA) is 88.9 Å². The number of pyridine rings is 1. The minimum Gasteiger partial charge on any atom is -0.342 e. The normalized spacial score (nSPS) is 10.5. The monoisotopic (exact) mass is 367 g/mol. The minimum absolute atomic E-state index is 0.239. The summed E-state index contributed by atoms with van der Waals surface area (Å²) >= 11 is 0. The molecule has 0 saturated carbocycles. The van der Waals surface area contributed by atoms with E-state index in [2.05, 4.69) is 20.7 Å². The molecule has 2 amide bonds. The van der Waals surface area contributed by atoms with Gasteiger partial charge < -0.3 is 10.6 Å². The van der Waals surface area contributed by atoms with Crippen molar-refractivity contribution in [3.05, 3.63) is 66.0 Å². The second kappa shape index (κ2) is 7.77. The number of hydrogen-bond donors (Lipinski definition) is 2. The van der Waals surface area contributed by atoms with Crippen LogP contribution in [0.4, 0.5) is 10.1 Å². The summed E-state index contributed by atoms with van der Waals surface area (Å²) in [6.07, 6.45) is 4.75. The lowest BCUT2D eigenvalue weighted by Crippen LogP contribution is -2.33. The molecule has 1 aromatic carbocycles. The first-order valence-corrected chi connectivity index (χ1v) is 8.22. The molecule has 0 saturated heterocycles. The van der Waals surface area contributed by atoms with E-state index < -0.39 is 17.6 Å². The fraction of sp³-hybridized carbons (Fsp3) is 0.158. The van der Waals surface area contributed by atoms with Crippen LogP contribution in [0.1, 0.15) is 16.1 Å². The van der Waals surface area contributed by atoms with Gasteiger partial charge in [-0.05, 0) is 48.4 Å². The summed E-state index contributed by atoms with van der Waals surface area (Å²) in [6, 6.07) is 7.74. The molecule has 7 nitrogen and oxygen atoms in total. The number of anilines is 1. The second-order valence-corrected chi connectivity index (χ2v) is 5.96. The van der Waals surface area contributed by atoms with E-state index in [1.165, 1.54) is 16.9 Å². The zero-order valence-electron chi connectivity index (χ0n) is 14.9. The maximum Gasteiger partial charge on any atom is 0.269 e. The molecule has 0 atom stereocenters. The van der Waals surface area contributed by atoms with Gasteiger partial charge in [0.2, 0.25) is 5.91 Å². The molecule has 0 fully saturated rings. The molecule has 0 radical (unpaired) electrons. The largest absolute Gasteiger partial charge is 0.342 e. The number of aromatic nitrogens is 3. The van der Waals surface area contributed by atoms with Crippen molar-refractivity contribution < 1.29 is 14.0 Å². The lowest BCUT2D eigenvalue weighted by Gasteiger charge is -2.10. The second-order valence-electron chi connectivity index (χ2n) is 5.96. The van der Waals surface area contributed by atoms with Gasteiger partial charge in [-0.3, -0.25) is 19.3 Å². The summed E-state index contributed by atoms with van der Waals surface area (Å²) in [5, 5.41) is 8.95. The van der Waals surface area contributed by atoms with Gasteiger partial charge in [-0.1, -0.05) is 0 Å². The number of amides is 2. The Morgan fingerprint density at radius 2 is 1.96 bits per heavy atom. The molecule has 8 heteroatoms. The number of hydrogen-bond acceptors (Lipinski definition) is 4. The number of nitrogens with zero attached hydrogens (tertiary/aromatic N) is 3. The van der Waals surface area contributed by atoms with Crippen molar-refractivity contribution in [1.82, 2.24) is 20.1 Å². The van der Waals surface area contributed by atoms with E-state index in [0.29, 0.717) is 16.9 Å². The highest BCUT2D eigenvalue weighted by Gasteiger charge is 2.13. The highest BCUT2D eigenvalue weighted by Crippen LogP contribution is 2.27. The standard InChI is InChI=1S/C19H18FN5O2/c1-12-10-21-7-5-14(12)15-4-3-13(9-16(15)20)24-18(26)11-22-19(27)17-6-8-23-25(17)2/h3-10H,11H2,1-2H3,(H,22,27)(H,24,26). The third kappa shape index (κ3) is 4.17. The minimum atomic E-state index is -0.460. The number of rotatable bonds is 5. The SMILES string of the molecule is Cc1cnccc1-c1ccc(NC(=O)CNC(=O)c2ccnn2C)cc1F. The maximum atomic E-state index is 14.5. The van der Waals surface area contributed by atoms with Gasteiger partial charge in [0.05, 0.1) is 6.54 Å². The molecule has 0 aliphatic carbocycles. The van der Waals surface area contributed by atoms with Gasteiger partial charge in [-0.15, -0.1) is 0 Å². The van der Waals surface area contributed by atoms with Crippen LogP contribution < -0.4 is 10.6 Å². The van der Waals surface area contributed by atoms with Crippen molar-refractivity contribution in [2.24, 2.45) is 7.05 Å². The van der Waals surface area contributed by atoms with E-state index in [1.54, 1.807) is 43.7 Å². The van der Waals surface area contributed by atoms with Gasteiger partial charge in [0.1, 0.15) is 11.5 Å². The fourth-order valence-electron chi connectivity index (χ4n) is 2.64. The number of aryl methyl sites for hydroxylation is 2. The predicted octanol–water partition coefficient (Wildman–Crippen LogP) is 2.30. The molecule has 0 aliphatic heterocycles. The van der Waals surface area contributed by atoms with Gasteiger partial charge in [-0.2, -0.15) is 5.10 Å². The van der Waals surface area contributed by atoms with E-state index in [-0.39, 0.29) is 6.54 Å². The number of nitrogens with one attached hydrogen (secondary N) is 2. The Labute approximate surface area is 155 Å². The van der Waals surface area contributed by atoms with Crippen LogP contribution in [0.2, 0.25) is 0 Å². The average Bonchev–Trinajstić information content (AvgIpc) is 3.07. The van der Waals surface area contributed by atoms with Crippen LogP contribution in [-0.2, 0) is 11.8 Å². The molecule has 2 N–H and O–H groups in total. The summed E-state index contributed by atoms with van der Waals surface area (Å²) in [5.74, 6) is -1.33. The van der Waals surface area contributed by atoms with Gasteiger partial charge >= 0.3 is 0 Å². The highest BCUT2D eigenvalue weighted by molar-refractivity contribution is 5.98. The molecule has 0 aliphatic rings. The average molecular weight is 367 g/mol. The summed E-state index contributed by atoms with van der Waals surface area (Å²) in [6.45, 7) is 1.61. The molecule has 2 aromatic heterocycles. The van der Waals surface area contributed by atoms with Gasteiger partial charge in [0, 0.05) is 36.9 Å². The van der Waals surface area contributed by atoms with Crippen molar-refractivity contribution in [2.45, 2.75) is 6.92 Å². The Morgan fingerprint density at radius 3 is 2.63 bits per heavy atom. The molecule has 0 bridgehead atoms. The summed E-state index contributed by atoms with van der Waals surface area (Å²) in [4.78, 5) is 28.0. The molecule has 27 heavy (non-hydrogen) atoms. The van der Waals surface area contributed by atoms with Crippen LogP contribution in [0.5, 0.6) is 0 Å². The lowest BCUT2D eigenvalue weighted by molar-refractivity contribution is -0.115. The van der Waals surface area contributed by atoms with Crippen molar-refractivity contribution >= 4 is 17.5 Å². The number of carbonyl (C=O) groups is 2. The van der Waals surface area contributed by atoms with Gasteiger partial charge in [0.15, 0.2) is 0 Å². The first kappa shape index (κ1) is 18.2. The Kier molecular flexibility index (Phi) is 5.25. The van der Waals surface area contributed by atoms with Crippen molar-refractivity contribution in [3.63, 3.8) is 0 Å². The number of benzene rings is 1. The fourth-order valence-corrected chi connectivity index (χ4v) is 2.64. The number of carbonyl (C=O) groups excluding carboxylic acids is 2. The van der Waals surface area contributed by atoms with E-state index in [4.69, 9.17) is 0 Å². The summed E-state index contributed by atoms with van der Waals surface area (Å²) < 4.78 is 15.9. The third-order valence-electron chi connectivity index (χ3n) is 4.03. The first-order valence-electron chi connectivity index (χ1n) is 8.22. The maximum absolute atomic E-state index is 14.5. The van der Waals surface area contributed by atoms with Gasteiger partial charge in [-0.25, -0.2) is 4.39 Å². The van der Waals surface area contributed by atoms with E-state index in [1.807, 2.05) is 6.92 Å². The van der Waals surface area contributed by atoms with Crippen LogP contribution in [0.15, 0.2) is 48.9 Å². The van der Waals surface area contributed by atoms with Crippen molar-refractivity contribution in [2.75, 3.05) is 11.9 Å². The van der Waals surface area contributed by atoms with Crippen molar-refractivity contribution in [1.29, 1.82) is 0 Å². The van der Waals surface area contributed by atoms with Crippen LogP contribution in [0, 0.1) is 12.7 Å². The first-order chi connectivity index (χ1) is 13.0. The number of halogens is 1. The predicted molar refractivity (Wildman–Crippen MR) is 98.5 cm³/mol. The highest BCUT2D eigenvalue weighted by atomic mass is 19.1. The Hall–Kier alpha value is -3.55. The van der Waals surface area contributed by atoms with Crippen LogP contribution in [0.3, 0.4) is 0 Å². The quantitative estimate of drug-likeness (QED) is 0.724. The third-order valence-corrected chi connectivity index (χ3v) is 4.03. The Bertz CT molecular complexity index is 999. The van der Waals surface area contributed by atoms with Crippen molar-refractivity contribution in [3.8, 4) is 11.1 Å². The molecule has 2 heterocycles. The Morgan fingerprint density at radius 1 is 1.15 bits per heavy atom. The molecule has 0 spiro atoms. The summed E-state index contributed by atoms with van der Waals surface area (Å²) in [5.41, 5.74) is 2.67. The molecular weight excluding hydrogens is 349 g/mol. The van der Waals surface area contributed by atoms with E-state index in [9.17, 15) is 14.0 Å². The summed E-state index contributed by atoms with van der Waals surface area (Å²) in [7, 11) is 1.63. The van der Waals surface area contributed by atoms with Gasteiger partial charge in [0.25, 0.3) is 5.91 Å². The lowest BCUT2D eigenvalue weighted by atomic mass is 10.0. The van der Waals surface area contributed by atoms with Crippen LogP contribution >= 0.6 is 0 Å². The Balaban J connectivity index is 1.63.